The third-order valence-corrected chi connectivity index (χ3v) is 1.15. The van der Waals surface area contributed by atoms with E-state index in [-0.39, 0.29) is 0 Å². The second-order valence-electron chi connectivity index (χ2n) is 1.98. The average molecular weight is 177 g/mol. The molecule has 0 rings (SSSR count). The molecule has 0 bridgehead atoms. The van der Waals surface area contributed by atoms with Gasteiger partial charge in [-0.1, -0.05) is 0 Å². The van der Waals surface area contributed by atoms with Crippen LogP contribution in [0.15, 0.2) is 0 Å². The fraction of sp³-hybridized carbons (Fsp3) is 0.667. The molecule has 3 N–H and O–H groups in total. The second kappa shape index (κ2) is 5.50. The SMILES string of the molecule is COC(=O)[C@H](CO)NC(=O)CO. The molecular weight excluding hydrogens is 166 g/mol. The van der Waals surface area contributed by atoms with Crippen LogP contribution in [0.1, 0.15) is 0 Å². The molecule has 0 fully saturated rings. The number of carbonyl (C=O) groups excluding carboxylic acids is 2. The highest BCUT2D eigenvalue weighted by Crippen LogP contribution is 1.85. The number of amides is 1. The number of carbonyl (C=O) groups is 2. The molecule has 0 aliphatic heterocycles. The Morgan fingerprint density at radius 1 is 1.50 bits per heavy atom. The number of aliphatic hydroxyl groups is 2. The quantitative estimate of drug-likeness (QED) is 0.417. The minimum absolute atomic E-state index is 0.557. The Bertz CT molecular complexity index is 169. The maximum absolute atomic E-state index is 10.7. The van der Waals surface area contributed by atoms with Gasteiger partial charge < -0.3 is 20.3 Å². The predicted octanol–water partition coefficient (Wildman–Crippen LogP) is -2.37. The van der Waals surface area contributed by atoms with E-state index in [2.05, 4.69) is 10.1 Å². The third-order valence-electron chi connectivity index (χ3n) is 1.15. The number of hydrogen-bond acceptors (Lipinski definition) is 5. The molecule has 0 saturated carbocycles. The van der Waals surface area contributed by atoms with Crippen molar-refractivity contribution in [3.8, 4) is 0 Å². The summed E-state index contributed by atoms with van der Waals surface area (Å²) >= 11 is 0. The Hall–Kier alpha value is -1.14. The first-order chi connectivity index (χ1) is 5.65. The van der Waals surface area contributed by atoms with Crippen molar-refractivity contribution in [2.75, 3.05) is 20.3 Å². The average Bonchev–Trinajstić information content (AvgIpc) is 2.12. The van der Waals surface area contributed by atoms with Crippen LogP contribution in [0.5, 0.6) is 0 Å². The molecule has 0 unspecified atom stereocenters. The molecule has 0 radical (unpaired) electrons. The van der Waals surface area contributed by atoms with Gasteiger partial charge in [-0.3, -0.25) is 4.79 Å². The molecule has 1 amide bonds. The molecule has 0 aromatic rings. The van der Waals surface area contributed by atoms with Gasteiger partial charge in [-0.15, -0.1) is 0 Å². The summed E-state index contributed by atoms with van der Waals surface area (Å²) in [4.78, 5) is 21.2. The lowest BCUT2D eigenvalue weighted by Crippen LogP contribution is -2.45. The minimum atomic E-state index is -1.10. The van der Waals surface area contributed by atoms with E-state index in [1.54, 1.807) is 0 Å². The fourth-order valence-electron chi connectivity index (χ4n) is 0.561. The Labute approximate surface area is 69.1 Å². The summed E-state index contributed by atoms with van der Waals surface area (Å²) in [6, 6.07) is -1.10. The number of methoxy groups -OCH3 is 1. The number of hydrogen-bond donors (Lipinski definition) is 3. The van der Waals surface area contributed by atoms with Gasteiger partial charge in [-0.25, -0.2) is 4.79 Å². The van der Waals surface area contributed by atoms with Gasteiger partial charge in [0, 0.05) is 0 Å². The first kappa shape index (κ1) is 10.9. The summed E-state index contributed by atoms with van der Waals surface area (Å²) in [7, 11) is 1.14. The van der Waals surface area contributed by atoms with Crippen LogP contribution in [0.4, 0.5) is 0 Å². The lowest BCUT2D eigenvalue weighted by Gasteiger charge is -2.12. The third kappa shape index (κ3) is 3.31. The van der Waals surface area contributed by atoms with Crippen molar-refractivity contribution >= 4 is 11.9 Å². The summed E-state index contributed by atoms with van der Waals surface area (Å²) < 4.78 is 4.25. The highest BCUT2D eigenvalue weighted by Gasteiger charge is 2.19. The van der Waals surface area contributed by atoms with Gasteiger partial charge in [-0.2, -0.15) is 0 Å². The first-order valence-electron chi connectivity index (χ1n) is 3.24. The van der Waals surface area contributed by atoms with Gasteiger partial charge in [0.15, 0.2) is 6.04 Å². The molecule has 0 saturated heterocycles. The largest absolute Gasteiger partial charge is 0.467 e. The highest BCUT2D eigenvalue weighted by molar-refractivity contribution is 5.84. The normalized spacial score (nSPS) is 11.9. The predicted molar refractivity (Wildman–Crippen MR) is 38.1 cm³/mol. The molecule has 0 aromatic carbocycles. The molecular formula is C6H11NO5. The van der Waals surface area contributed by atoms with Crippen molar-refractivity contribution in [2.45, 2.75) is 6.04 Å². The zero-order valence-electron chi connectivity index (χ0n) is 6.61. The minimum Gasteiger partial charge on any atom is -0.467 e. The van der Waals surface area contributed by atoms with Crippen LogP contribution >= 0.6 is 0 Å². The van der Waals surface area contributed by atoms with Crippen LogP contribution in [-0.2, 0) is 14.3 Å². The van der Waals surface area contributed by atoms with Crippen molar-refractivity contribution in [1.29, 1.82) is 0 Å². The highest BCUT2D eigenvalue weighted by atomic mass is 16.5. The Morgan fingerprint density at radius 2 is 2.08 bits per heavy atom. The maximum Gasteiger partial charge on any atom is 0.330 e. The molecule has 0 aliphatic carbocycles. The van der Waals surface area contributed by atoms with Crippen LogP contribution in [-0.4, -0.2) is 48.5 Å². The second-order valence-corrected chi connectivity index (χ2v) is 1.98. The summed E-state index contributed by atoms with van der Waals surface area (Å²) in [6.07, 6.45) is 0. The fourth-order valence-corrected chi connectivity index (χ4v) is 0.561. The number of ether oxygens (including phenoxy) is 1. The summed E-state index contributed by atoms with van der Waals surface area (Å²) in [5, 5.41) is 18.9. The molecule has 0 heterocycles. The molecule has 0 aromatic heterocycles. The van der Waals surface area contributed by atoms with Crippen LogP contribution in [0.25, 0.3) is 0 Å². The van der Waals surface area contributed by atoms with Gasteiger partial charge in [0.2, 0.25) is 5.91 Å². The number of esters is 1. The first-order valence-corrected chi connectivity index (χ1v) is 3.24. The topological polar surface area (TPSA) is 95.9 Å². The van der Waals surface area contributed by atoms with E-state index in [1.807, 2.05) is 0 Å². The van der Waals surface area contributed by atoms with Gasteiger partial charge in [0.05, 0.1) is 13.7 Å². The van der Waals surface area contributed by atoms with E-state index in [9.17, 15) is 9.59 Å². The smallest absolute Gasteiger partial charge is 0.330 e. The summed E-state index contributed by atoms with van der Waals surface area (Å²) in [5.74, 6) is -1.49. The summed E-state index contributed by atoms with van der Waals surface area (Å²) in [6.45, 7) is -1.29. The molecule has 12 heavy (non-hydrogen) atoms. The van der Waals surface area contributed by atoms with Crippen molar-refractivity contribution in [1.82, 2.24) is 5.32 Å². The molecule has 1 atom stereocenters. The van der Waals surface area contributed by atoms with Gasteiger partial charge in [0.25, 0.3) is 0 Å². The van der Waals surface area contributed by atoms with E-state index in [4.69, 9.17) is 10.2 Å². The molecule has 70 valence electrons. The molecule has 0 aliphatic rings. The number of nitrogens with one attached hydrogen (secondary N) is 1. The Kier molecular flexibility index (Phi) is 4.98. The standard InChI is InChI=1S/C6H11NO5/c1-12-6(11)4(2-8)7-5(10)3-9/h4,8-9H,2-3H2,1H3,(H,7,10)/t4-/m0/s1. The van der Waals surface area contributed by atoms with Crippen molar-refractivity contribution < 1.29 is 24.5 Å². The zero-order valence-corrected chi connectivity index (χ0v) is 6.61. The molecule has 0 spiro atoms. The monoisotopic (exact) mass is 177 g/mol. The number of rotatable bonds is 4. The van der Waals surface area contributed by atoms with E-state index in [1.165, 1.54) is 0 Å². The van der Waals surface area contributed by atoms with E-state index < -0.39 is 31.1 Å². The Balaban J connectivity index is 3.99. The lowest BCUT2D eigenvalue weighted by atomic mass is 10.3. The van der Waals surface area contributed by atoms with Crippen molar-refractivity contribution in [3.63, 3.8) is 0 Å². The number of aliphatic hydroxyl groups excluding tert-OH is 2. The maximum atomic E-state index is 10.7. The van der Waals surface area contributed by atoms with Crippen molar-refractivity contribution in [2.24, 2.45) is 0 Å². The van der Waals surface area contributed by atoms with Gasteiger partial charge >= 0.3 is 5.97 Å². The Morgan fingerprint density at radius 3 is 2.42 bits per heavy atom. The van der Waals surface area contributed by atoms with Crippen molar-refractivity contribution in [3.05, 3.63) is 0 Å². The van der Waals surface area contributed by atoms with Crippen LogP contribution in [0.3, 0.4) is 0 Å². The lowest BCUT2D eigenvalue weighted by molar-refractivity contribution is -0.146. The molecule has 6 nitrogen and oxygen atoms in total. The van der Waals surface area contributed by atoms with E-state index >= 15 is 0 Å². The zero-order chi connectivity index (χ0) is 9.56. The van der Waals surface area contributed by atoms with Crippen LogP contribution < -0.4 is 5.32 Å². The summed E-state index contributed by atoms with van der Waals surface area (Å²) in [5.41, 5.74) is 0. The van der Waals surface area contributed by atoms with Crippen LogP contribution in [0, 0.1) is 0 Å². The van der Waals surface area contributed by atoms with E-state index in [0.29, 0.717) is 0 Å². The van der Waals surface area contributed by atoms with Gasteiger partial charge in [0.1, 0.15) is 6.61 Å². The van der Waals surface area contributed by atoms with Gasteiger partial charge in [-0.05, 0) is 0 Å². The van der Waals surface area contributed by atoms with E-state index in [0.717, 1.165) is 7.11 Å². The van der Waals surface area contributed by atoms with Crippen LogP contribution in [0.2, 0.25) is 0 Å². The molecule has 6 heteroatoms.